The van der Waals surface area contributed by atoms with E-state index in [1.165, 1.54) is 0 Å². The largest absolute Gasteiger partial charge is 0.495 e. The number of carbonyl (C=O) groups excluding carboxylic acids is 3. The Morgan fingerprint density at radius 1 is 0.739 bits per heavy atom. The number of rotatable bonds is 3. The first-order valence-electron chi connectivity index (χ1n) is 15.7. The molecule has 46 heavy (non-hydrogen) atoms. The molecule has 1 saturated heterocycles. The minimum atomic E-state index is -0.410. The zero-order valence-electron chi connectivity index (χ0n) is 25.3. The molecular formula is C36H31N5O5. The summed E-state index contributed by atoms with van der Waals surface area (Å²) in [5.41, 5.74) is 5.64. The first kappa shape index (κ1) is 26.9. The number of anilines is 1. The second-order valence-corrected chi connectivity index (χ2v) is 12.2. The average Bonchev–Trinajstić information content (AvgIpc) is 3.68. The highest BCUT2D eigenvalue weighted by atomic mass is 16.6. The summed E-state index contributed by atoms with van der Waals surface area (Å²) in [6.07, 6.45) is -0.137. The van der Waals surface area contributed by atoms with E-state index in [-0.39, 0.29) is 17.9 Å². The number of hydrogen-bond acceptors (Lipinski definition) is 6. The molecule has 1 fully saturated rings. The molecule has 3 aliphatic rings. The van der Waals surface area contributed by atoms with Gasteiger partial charge in [-0.2, -0.15) is 0 Å². The highest BCUT2D eigenvalue weighted by Gasteiger charge is 2.38. The van der Waals surface area contributed by atoms with Crippen molar-refractivity contribution in [2.45, 2.75) is 25.6 Å². The summed E-state index contributed by atoms with van der Waals surface area (Å²) in [7, 11) is 1.67. The molecule has 6 aromatic rings. The van der Waals surface area contributed by atoms with Crippen LogP contribution in [0.5, 0.6) is 5.75 Å². The molecule has 4 aromatic carbocycles. The fourth-order valence-electron chi connectivity index (χ4n) is 7.86. The van der Waals surface area contributed by atoms with Crippen molar-refractivity contribution in [1.29, 1.82) is 0 Å². The SMILES string of the molecule is COc1ccccc1N1CCN(C(=O)OC2CCn3c4ccccc4c4c5c(c6c7ccccc7n(c6c43)C2)C(=O)NC5=O)CC1. The molecule has 0 saturated carbocycles. The molecule has 1 unspecified atom stereocenters. The number of amides is 3. The van der Waals surface area contributed by atoms with Crippen LogP contribution >= 0.6 is 0 Å². The number of nitrogens with one attached hydrogen (secondary N) is 1. The van der Waals surface area contributed by atoms with Crippen LogP contribution in [-0.2, 0) is 17.8 Å². The Balaban J connectivity index is 1.12. The Morgan fingerprint density at radius 3 is 2.00 bits per heavy atom. The molecule has 1 atom stereocenters. The normalized spacial score (nSPS) is 18.0. The standard InChI is InChI=1S/C36H31N5O5/c1-45-27-13-7-6-12-26(27)38-16-18-39(19-17-38)36(44)46-21-14-15-40-24-10-4-2-8-22(24)28-30-31(35(43)37-34(30)42)29-23-9-3-5-11-25(23)41(20-21)33(29)32(28)40/h2-13,21H,14-20H2,1H3,(H,37,42,43). The van der Waals surface area contributed by atoms with Gasteiger partial charge in [-0.1, -0.05) is 48.5 Å². The molecule has 0 bridgehead atoms. The van der Waals surface area contributed by atoms with Crippen molar-refractivity contribution in [2.24, 2.45) is 0 Å². The predicted octanol–water partition coefficient (Wildman–Crippen LogP) is 5.53. The molecule has 5 heterocycles. The smallest absolute Gasteiger partial charge is 0.410 e. The van der Waals surface area contributed by atoms with Gasteiger partial charge in [0, 0.05) is 71.7 Å². The first-order chi connectivity index (χ1) is 22.5. The lowest BCUT2D eigenvalue weighted by Crippen LogP contribution is -2.49. The van der Waals surface area contributed by atoms with Gasteiger partial charge in [0.15, 0.2) is 0 Å². The van der Waals surface area contributed by atoms with Crippen molar-refractivity contribution >= 4 is 67.2 Å². The van der Waals surface area contributed by atoms with Crippen molar-refractivity contribution in [2.75, 3.05) is 38.2 Å². The third-order valence-electron chi connectivity index (χ3n) is 9.89. The second-order valence-electron chi connectivity index (χ2n) is 12.2. The summed E-state index contributed by atoms with van der Waals surface area (Å²) in [4.78, 5) is 44.4. The summed E-state index contributed by atoms with van der Waals surface area (Å²) < 4.78 is 16.3. The van der Waals surface area contributed by atoms with Crippen LogP contribution in [0.4, 0.5) is 10.5 Å². The minimum Gasteiger partial charge on any atom is -0.495 e. The Morgan fingerprint density at radius 2 is 1.33 bits per heavy atom. The van der Waals surface area contributed by atoms with Crippen molar-refractivity contribution in [3.63, 3.8) is 0 Å². The van der Waals surface area contributed by atoms with E-state index in [9.17, 15) is 14.4 Å². The van der Waals surface area contributed by atoms with E-state index >= 15 is 0 Å². The average molecular weight is 614 g/mol. The molecule has 3 amide bonds. The van der Waals surface area contributed by atoms with Gasteiger partial charge in [0.2, 0.25) is 0 Å². The van der Waals surface area contributed by atoms with Gasteiger partial charge >= 0.3 is 6.09 Å². The van der Waals surface area contributed by atoms with Crippen LogP contribution in [0.1, 0.15) is 27.1 Å². The quantitative estimate of drug-likeness (QED) is 0.264. The predicted molar refractivity (Wildman–Crippen MR) is 176 cm³/mol. The fourth-order valence-corrected chi connectivity index (χ4v) is 7.86. The number of carbonyl (C=O) groups is 3. The molecule has 0 aliphatic carbocycles. The van der Waals surface area contributed by atoms with Gasteiger partial charge in [-0.15, -0.1) is 0 Å². The number of para-hydroxylation sites is 4. The van der Waals surface area contributed by atoms with Crippen molar-refractivity contribution in [1.82, 2.24) is 19.4 Å². The number of aromatic nitrogens is 2. The number of fused-ring (bicyclic) bond motifs is 9. The van der Waals surface area contributed by atoms with Gasteiger partial charge in [0.05, 0.1) is 41.5 Å². The van der Waals surface area contributed by atoms with Gasteiger partial charge in [0.25, 0.3) is 11.8 Å². The molecule has 2 aromatic heterocycles. The van der Waals surface area contributed by atoms with Crippen LogP contribution in [0.3, 0.4) is 0 Å². The number of aryl methyl sites for hydroxylation is 1. The topological polar surface area (TPSA) is 98.0 Å². The maximum Gasteiger partial charge on any atom is 0.410 e. The molecule has 10 nitrogen and oxygen atoms in total. The lowest BCUT2D eigenvalue weighted by Gasteiger charge is -2.36. The van der Waals surface area contributed by atoms with Crippen molar-refractivity contribution < 1.29 is 23.9 Å². The summed E-state index contributed by atoms with van der Waals surface area (Å²) >= 11 is 0. The number of piperazine rings is 1. The molecule has 0 radical (unpaired) electrons. The van der Waals surface area contributed by atoms with Crippen LogP contribution in [-0.4, -0.2) is 71.3 Å². The Hall–Kier alpha value is -5.51. The van der Waals surface area contributed by atoms with E-state index in [1.54, 1.807) is 12.0 Å². The van der Waals surface area contributed by atoms with Gasteiger partial charge < -0.3 is 28.4 Å². The van der Waals surface area contributed by atoms with E-state index in [4.69, 9.17) is 9.47 Å². The number of hydrogen-bond donors (Lipinski definition) is 1. The minimum absolute atomic E-state index is 0.320. The van der Waals surface area contributed by atoms with E-state index < -0.39 is 6.10 Å². The summed E-state index contributed by atoms with van der Waals surface area (Å²) in [6.45, 7) is 3.46. The van der Waals surface area contributed by atoms with E-state index in [0.29, 0.717) is 56.8 Å². The van der Waals surface area contributed by atoms with E-state index in [1.807, 2.05) is 66.7 Å². The lowest BCUT2D eigenvalue weighted by molar-refractivity contribution is 0.0487. The third-order valence-corrected chi connectivity index (χ3v) is 9.89. The zero-order chi connectivity index (χ0) is 31.1. The molecular weight excluding hydrogens is 582 g/mol. The Labute approximate surface area is 263 Å². The molecule has 9 rings (SSSR count). The highest BCUT2D eigenvalue weighted by Crippen LogP contribution is 2.45. The Bertz CT molecular complexity index is 2280. The zero-order valence-corrected chi connectivity index (χ0v) is 25.3. The summed E-state index contributed by atoms with van der Waals surface area (Å²) in [5, 5.41) is 5.97. The van der Waals surface area contributed by atoms with Crippen LogP contribution in [0.15, 0.2) is 72.8 Å². The molecule has 0 spiro atoms. The number of nitrogens with zero attached hydrogens (tertiary/aromatic N) is 4. The van der Waals surface area contributed by atoms with Crippen molar-refractivity contribution in [3.8, 4) is 5.75 Å². The number of ether oxygens (including phenoxy) is 2. The molecule has 1 N–H and O–H groups in total. The van der Waals surface area contributed by atoms with Gasteiger partial charge in [0.1, 0.15) is 11.9 Å². The van der Waals surface area contributed by atoms with E-state index in [0.717, 1.165) is 55.0 Å². The number of benzene rings is 4. The summed E-state index contributed by atoms with van der Waals surface area (Å²) in [5.74, 6) is 0.0815. The van der Waals surface area contributed by atoms with Gasteiger partial charge in [-0.3, -0.25) is 14.9 Å². The molecule has 230 valence electrons. The third kappa shape index (κ3) is 3.73. The maximum atomic E-state index is 13.7. The van der Waals surface area contributed by atoms with Crippen LogP contribution < -0.4 is 15.0 Å². The highest BCUT2D eigenvalue weighted by molar-refractivity contribution is 6.39. The van der Waals surface area contributed by atoms with Crippen LogP contribution in [0.2, 0.25) is 0 Å². The first-order valence-corrected chi connectivity index (χ1v) is 15.7. The van der Waals surface area contributed by atoms with Crippen LogP contribution in [0.25, 0.3) is 43.6 Å². The lowest BCUT2D eigenvalue weighted by atomic mass is 9.96. The van der Waals surface area contributed by atoms with Gasteiger partial charge in [-0.25, -0.2) is 4.79 Å². The maximum absolute atomic E-state index is 13.7. The Kier molecular flexibility index (Phi) is 5.84. The molecule has 10 heteroatoms. The van der Waals surface area contributed by atoms with Crippen molar-refractivity contribution in [3.05, 3.63) is 83.9 Å². The van der Waals surface area contributed by atoms with Crippen LogP contribution in [0, 0.1) is 0 Å². The summed E-state index contributed by atoms with van der Waals surface area (Å²) in [6, 6.07) is 23.9. The van der Waals surface area contributed by atoms with Gasteiger partial charge in [-0.05, 0) is 24.3 Å². The fraction of sp³-hybridized carbons (Fsp3) is 0.250. The number of methoxy groups -OCH3 is 1. The second kappa shape index (κ2) is 10.00. The van der Waals surface area contributed by atoms with E-state index in [2.05, 4.69) is 25.4 Å². The number of imide groups is 1. The monoisotopic (exact) mass is 613 g/mol. The molecule has 3 aliphatic heterocycles.